The highest BCUT2D eigenvalue weighted by Crippen LogP contribution is 2.34. The van der Waals surface area contributed by atoms with Crippen molar-refractivity contribution < 1.29 is 14.0 Å². The van der Waals surface area contributed by atoms with Crippen molar-refractivity contribution in [2.75, 3.05) is 6.54 Å². The molecule has 3 heterocycles. The molecule has 7 heteroatoms. The van der Waals surface area contributed by atoms with Crippen molar-refractivity contribution >= 4 is 23.4 Å². The number of amides is 2. The molecule has 1 aliphatic heterocycles. The van der Waals surface area contributed by atoms with Crippen LogP contribution in [-0.4, -0.2) is 39.4 Å². The molecule has 2 aliphatic rings. The summed E-state index contributed by atoms with van der Waals surface area (Å²) in [7, 11) is 0. The van der Waals surface area contributed by atoms with E-state index in [1.807, 2.05) is 60.0 Å². The number of fused-ring (bicyclic) bond motifs is 1. The summed E-state index contributed by atoms with van der Waals surface area (Å²) in [6.45, 7) is 2.70. The van der Waals surface area contributed by atoms with Crippen molar-refractivity contribution in [3.05, 3.63) is 71.1 Å². The summed E-state index contributed by atoms with van der Waals surface area (Å²) in [4.78, 5) is 29.3. The maximum atomic E-state index is 13.8. The van der Waals surface area contributed by atoms with Gasteiger partial charge in [0.1, 0.15) is 17.0 Å². The Morgan fingerprint density at radius 3 is 2.53 bits per heavy atom. The molecule has 1 saturated carbocycles. The highest BCUT2D eigenvalue weighted by Gasteiger charge is 2.48. The molecular weight excluding hydrogens is 450 g/mol. The minimum absolute atomic E-state index is 0.0893. The summed E-state index contributed by atoms with van der Waals surface area (Å²) in [5.41, 5.74) is 1.44. The number of nitrogens with zero attached hydrogens (tertiary/aromatic N) is 2. The monoisotopic (exact) mass is 479 g/mol. The van der Waals surface area contributed by atoms with Gasteiger partial charge in [-0.3, -0.25) is 9.59 Å². The number of hydrogen-bond acceptors (Lipinski definition) is 3. The van der Waals surface area contributed by atoms with E-state index in [1.165, 1.54) is 6.42 Å². The fourth-order valence-electron chi connectivity index (χ4n) is 5.24. The van der Waals surface area contributed by atoms with Gasteiger partial charge in [-0.2, -0.15) is 0 Å². The van der Waals surface area contributed by atoms with E-state index in [9.17, 15) is 9.59 Å². The third-order valence-corrected chi connectivity index (χ3v) is 7.50. The van der Waals surface area contributed by atoms with Crippen LogP contribution in [0.1, 0.15) is 55.1 Å². The number of rotatable bonds is 6. The molecule has 5 rings (SSSR count). The van der Waals surface area contributed by atoms with E-state index in [0.717, 1.165) is 36.9 Å². The van der Waals surface area contributed by atoms with Gasteiger partial charge in [0, 0.05) is 17.6 Å². The standard InChI is InChI=1S/C27H30ClN3O3/c1-27(26(33)29-21-6-3-2-4-7-21)18-30-22(24-8-5-17-34-24)13-14-23(30)25(32)31(27)16-15-19-9-11-20(28)12-10-19/h5,8-14,17,21H,2-4,6-7,15-16,18H2,1H3,(H,29,33)/t27-/m1/s1. The van der Waals surface area contributed by atoms with Gasteiger partial charge in [-0.25, -0.2) is 0 Å². The van der Waals surface area contributed by atoms with Gasteiger partial charge in [0.05, 0.1) is 18.5 Å². The van der Waals surface area contributed by atoms with Gasteiger partial charge in [0.25, 0.3) is 5.91 Å². The van der Waals surface area contributed by atoms with Crippen LogP contribution in [0.5, 0.6) is 0 Å². The number of carbonyl (C=O) groups excluding carboxylic acids is 2. The molecule has 0 radical (unpaired) electrons. The fourth-order valence-corrected chi connectivity index (χ4v) is 5.37. The first-order chi connectivity index (χ1) is 16.5. The Bertz CT molecular complexity index is 1160. The Hall–Kier alpha value is -2.99. The highest BCUT2D eigenvalue weighted by atomic mass is 35.5. The van der Waals surface area contributed by atoms with Gasteiger partial charge in [0.2, 0.25) is 5.91 Å². The molecule has 1 aromatic carbocycles. The Morgan fingerprint density at radius 1 is 1.09 bits per heavy atom. The van der Waals surface area contributed by atoms with Crippen LogP contribution in [0.25, 0.3) is 11.5 Å². The first-order valence-electron chi connectivity index (χ1n) is 12.1. The van der Waals surface area contributed by atoms with Gasteiger partial charge in [-0.05, 0) is 68.1 Å². The lowest BCUT2D eigenvalue weighted by Crippen LogP contribution is -2.65. The van der Waals surface area contributed by atoms with Gasteiger partial charge >= 0.3 is 0 Å². The number of furan rings is 1. The van der Waals surface area contributed by atoms with Crippen LogP contribution in [0.2, 0.25) is 5.02 Å². The van der Waals surface area contributed by atoms with Crippen LogP contribution in [0, 0.1) is 0 Å². The Kier molecular flexibility index (Phi) is 6.26. The molecule has 0 unspecified atom stereocenters. The largest absolute Gasteiger partial charge is 0.463 e. The smallest absolute Gasteiger partial charge is 0.271 e. The van der Waals surface area contributed by atoms with Crippen molar-refractivity contribution in [3.8, 4) is 11.5 Å². The molecule has 2 amide bonds. The minimum atomic E-state index is -1.02. The molecule has 2 aromatic heterocycles. The lowest BCUT2D eigenvalue weighted by atomic mass is 9.91. The molecule has 1 atom stereocenters. The lowest BCUT2D eigenvalue weighted by Gasteiger charge is -2.45. The predicted molar refractivity (Wildman–Crippen MR) is 132 cm³/mol. The summed E-state index contributed by atoms with van der Waals surface area (Å²) < 4.78 is 7.55. The first-order valence-corrected chi connectivity index (χ1v) is 12.4. The van der Waals surface area contributed by atoms with E-state index >= 15 is 0 Å². The van der Waals surface area contributed by atoms with E-state index in [4.69, 9.17) is 16.0 Å². The van der Waals surface area contributed by atoms with E-state index in [2.05, 4.69) is 5.32 Å². The minimum Gasteiger partial charge on any atom is -0.463 e. The average Bonchev–Trinajstić information content (AvgIpc) is 3.50. The SMILES string of the molecule is C[C@]1(C(=O)NC2CCCCC2)Cn2c(ccc2-c2ccco2)C(=O)N1CCc1ccc(Cl)cc1. The maximum Gasteiger partial charge on any atom is 0.271 e. The van der Waals surface area contributed by atoms with Crippen LogP contribution in [0.3, 0.4) is 0 Å². The fraction of sp³-hybridized carbons (Fsp3) is 0.407. The quantitative estimate of drug-likeness (QED) is 0.521. The van der Waals surface area contributed by atoms with Crippen molar-refractivity contribution in [1.29, 1.82) is 0 Å². The molecule has 1 N–H and O–H groups in total. The van der Waals surface area contributed by atoms with Crippen molar-refractivity contribution in [2.24, 2.45) is 0 Å². The zero-order valence-corrected chi connectivity index (χ0v) is 20.2. The number of halogens is 1. The number of benzene rings is 1. The van der Waals surface area contributed by atoms with E-state index in [-0.39, 0.29) is 17.9 Å². The Balaban J connectivity index is 1.47. The molecule has 3 aromatic rings. The number of hydrogen-bond donors (Lipinski definition) is 1. The van der Waals surface area contributed by atoms with Crippen LogP contribution < -0.4 is 5.32 Å². The first kappa shape index (κ1) is 22.8. The third kappa shape index (κ3) is 4.27. The second-order valence-electron chi connectivity index (χ2n) is 9.58. The van der Waals surface area contributed by atoms with E-state index in [0.29, 0.717) is 36.0 Å². The normalized spacial score (nSPS) is 20.9. The summed E-state index contributed by atoms with van der Waals surface area (Å²) in [5, 5.41) is 3.95. The van der Waals surface area contributed by atoms with E-state index < -0.39 is 5.54 Å². The summed E-state index contributed by atoms with van der Waals surface area (Å²) in [5.74, 6) is 0.455. The molecule has 0 bridgehead atoms. The third-order valence-electron chi connectivity index (χ3n) is 7.25. The number of nitrogens with one attached hydrogen (secondary N) is 1. The summed E-state index contributed by atoms with van der Waals surface area (Å²) in [6.07, 6.45) is 7.72. The number of aromatic nitrogens is 1. The van der Waals surface area contributed by atoms with Gasteiger partial charge in [-0.15, -0.1) is 0 Å². The molecule has 0 spiro atoms. The molecule has 178 valence electrons. The van der Waals surface area contributed by atoms with Crippen LogP contribution >= 0.6 is 11.6 Å². The zero-order chi connectivity index (χ0) is 23.7. The molecule has 6 nitrogen and oxygen atoms in total. The Morgan fingerprint density at radius 2 is 1.82 bits per heavy atom. The second-order valence-corrected chi connectivity index (χ2v) is 10.0. The van der Waals surface area contributed by atoms with Crippen molar-refractivity contribution in [1.82, 2.24) is 14.8 Å². The van der Waals surface area contributed by atoms with Crippen LogP contribution in [-0.2, 0) is 17.8 Å². The molecule has 1 fully saturated rings. The molecule has 0 saturated heterocycles. The van der Waals surface area contributed by atoms with Gasteiger partial charge in [0.15, 0.2) is 0 Å². The topological polar surface area (TPSA) is 67.5 Å². The lowest BCUT2D eigenvalue weighted by molar-refractivity contribution is -0.133. The Labute approximate surface area is 204 Å². The predicted octanol–water partition coefficient (Wildman–Crippen LogP) is 5.31. The zero-order valence-electron chi connectivity index (χ0n) is 19.4. The van der Waals surface area contributed by atoms with Gasteiger partial charge < -0.3 is 19.2 Å². The van der Waals surface area contributed by atoms with E-state index in [1.54, 1.807) is 11.2 Å². The molecular formula is C27H30ClN3O3. The van der Waals surface area contributed by atoms with Crippen LogP contribution in [0.15, 0.2) is 59.2 Å². The second kappa shape index (κ2) is 9.34. The van der Waals surface area contributed by atoms with Crippen molar-refractivity contribution in [2.45, 2.75) is 63.6 Å². The number of carbonyl (C=O) groups is 2. The summed E-state index contributed by atoms with van der Waals surface area (Å²) in [6, 6.07) is 15.2. The molecule has 1 aliphatic carbocycles. The van der Waals surface area contributed by atoms with Crippen LogP contribution in [0.4, 0.5) is 0 Å². The average molecular weight is 480 g/mol. The summed E-state index contributed by atoms with van der Waals surface area (Å²) >= 11 is 6.04. The maximum absolute atomic E-state index is 13.8. The van der Waals surface area contributed by atoms with Crippen molar-refractivity contribution in [3.63, 3.8) is 0 Å². The highest BCUT2D eigenvalue weighted by molar-refractivity contribution is 6.30. The molecule has 34 heavy (non-hydrogen) atoms. The van der Waals surface area contributed by atoms with Gasteiger partial charge in [-0.1, -0.05) is 43.0 Å².